The molecule has 7 heteroatoms. The van der Waals surface area contributed by atoms with Crippen LogP contribution in [0.2, 0.25) is 0 Å². The Kier molecular flexibility index (Phi) is 6.56. The average molecular weight is 344 g/mol. The quantitative estimate of drug-likeness (QED) is 0.862. The van der Waals surface area contributed by atoms with E-state index in [1.54, 1.807) is 33.0 Å². The molecular formula is C16H25FN2O3S. The lowest BCUT2D eigenvalue weighted by atomic mass is 10.0. The van der Waals surface area contributed by atoms with Gasteiger partial charge in [0, 0.05) is 19.8 Å². The molecule has 0 saturated heterocycles. The molecule has 0 radical (unpaired) electrons. The molecule has 1 rings (SSSR count). The molecule has 1 aromatic carbocycles. The van der Waals surface area contributed by atoms with E-state index in [4.69, 9.17) is 0 Å². The van der Waals surface area contributed by atoms with Gasteiger partial charge in [-0.15, -0.1) is 0 Å². The second kappa shape index (κ2) is 7.77. The third-order valence-corrected chi connectivity index (χ3v) is 4.68. The van der Waals surface area contributed by atoms with Gasteiger partial charge in [0.05, 0.1) is 11.8 Å². The van der Waals surface area contributed by atoms with E-state index in [-0.39, 0.29) is 23.6 Å². The first-order chi connectivity index (χ1) is 10.5. The Morgan fingerprint density at radius 2 is 1.83 bits per heavy atom. The predicted molar refractivity (Wildman–Crippen MR) is 89.8 cm³/mol. The summed E-state index contributed by atoms with van der Waals surface area (Å²) in [5.74, 6) is -0.179. The Bertz CT molecular complexity index is 651. The van der Waals surface area contributed by atoms with Crippen molar-refractivity contribution < 1.29 is 17.6 Å². The minimum Gasteiger partial charge on any atom is -0.331 e. The first kappa shape index (κ1) is 19.4. The first-order valence-electron chi connectivity index (χ1n) is 7.47. The van der Waals surface area contributed by atoms with Gasteiger partial charge in [-0.1, -0.05) is 12.1 Å². The maximum absolute atomic E-state index is 13.7. The Labute approximate surface area is 137 Å². The fourth-order valence-electron chi connectivity index (χ4n) is 2.27. The summed E-state index contributed by atoms with van der Waals surface area (Å²) in [6, 6.07) is 2.89. The van der Waals surface area contributed by atoms with Gasteiger partial charge >= 0.3 is 6.03 Å². The van der Waals surface area contributed by atoms with E-state index in [1.807, 2.05) is 6.92 Å². The molecule has 1 N–H and O–H groups in total. The van der Waals surface area contributed by atoms with Gasteiger partial charge < -0.3 is 10.2 Å². The van der Waals surface area contributed by atoms with Crippen molar-refractivity contribution in [1.29, 1.82) is 0 Å². The zero-order chi connectivity index (χ0) is 17.8. The van der Waals surface area contributed by atoms with Crippen LogP contribution >= 0.6 is 0 Å². The fraction of sp³-hybridized carbons (Fsp3) is 0.562. The molecule has 1 atom stereocenters. The maximum Gasteiger partial charge on any atom is 0.317 e. The van der Waals surface area contributed by atoms with Gasteiger partial charge in [-0.3, -0.25) is 0 Å². The van der Waals surface area contributed by atoms with E-state index < -0.39 is 9.84 Å². The second-order valence-electron chi connectivity index (χ2n) is 6.04. The van der Waals surface area contributed by atoms with Crippen LogP contribution in [0.15, 0.2) is 12.1 Å². The molecule has 0 bridgehead atoms. The number of sulfone groups is 1. The molecular weight excluding hydrogens is 319 g/mol. The highest BCUT2D eigenvalue weighted by molar-refractivity contribution is 7.90. The number of hydrogen-bond acceptors (Lipinski definition) is 3. The van der Waals surface area contributed by atoms with Crippen molar-refractivity contribution in [3.63, 3.8) is 0 Å². The number of carbonyl (C=O) groups is 1. The van der Waals surface area contributed by atoms with Crippen molar-refractivity contribution >= 4 is 15.9 Å². The highest BCUT2D eigenvalue weighted by atomic mass is 32.2. The minimum absolute atomic E-state index is 0.0521. The zero-order valence-electron chi connectivity index (χ0n) is 14.3. The summed E-state index contributed by atoms with van der Waals surface area (Å²) in [6.07, 6.45) is 1.57. The molecule has 0 aromatic heterocycles. The van der Waals surface area contributed by atoms with Crippen molar-refractivity contribution in [2.24, 2.45) is 0 Å². The third kappa shape index (κ3) is 6.17. The van der Waals surface area contributed by atoms with Gasteiger partial charge in [0.25, 0.3) is 0 Å². The summed E-state index contributed by atoms with van der Waals surface area (Å²) in [5, 5.41) is 2.83. The molecule has 23 heavy (non-hydrogen) atoms. The van der Waals surface area contributed by atoms with E-state index >= 15 is 0 Å². The van der Waals surface area contributed by atoms with Crippen molar-refractivity contribution in [2.45, 2.75) is 33.2 Å². The smallest absolute Gasteiger partial charge is 0.317 e. The second-order valence-corrected chi connectivity index (χ2v) is 8.30. The van der Waals surface area contributed by atoms with Gasteiger partial charge in [-0.05, 0) is 43.9 Å². The summed E-state index contributed by atoms with van der Waals surface area (Å²) in [7, 11) is -1.40. The summed E-state index contributed by atoms with van der Waals surface area (Å²) < 4.78 is 35.8. The van der Waals surface area contributed by atoms with Crippen LogP contribution < -0.4 is 5.32 Å². The average Bonchev–Trinajstić information content (AvgIpc) is 2.42. The van der Waals surface area contributed by atoms with Crippen LogP contribution in [0, 0.1) is 19.7 Å². The molecule has 0 aliphatic carbocycles. The third-order valence-electron chi connectivity index (χ3n) is 3.65. The standard InChI is InChI=1S/C16H25FN2O3S/c1-11-9-14(10-12(2)15(11)17)13(3)18-16(20)19(4)7-6-8-23(5,21)22/h9-10,13H,6-8H2,1-5H3,(H,18,20). The van der Waals surface area contributed by atoms with Gasteiger partial charge in [0.2, 0.25) is 0 Å². The van der Waals surface area contributed by atoms with E-state index in [9.17, 15) is 17.6 Å². The fourth-order valence-corrected chi connectivity index (χ4v) is 2.93. The van der Waals surface area contributed by atoms with Crippen LogP contribution in [0.1, 0.15) is 36.1 Å². The van der Waals surface area contributed by atoms with Gasteiger partial charge in [0.15, 0.2) is 0 Å². The van der Waals surface area contributed by atoms with Crippen molar-refractivity contribution in [2.75, 3.05) is 25.6 Å². The van der Waals surface area contributed by atoms with E-state index in [1.165, 1.54) is 11.2 Å². The van der Waals surface area contributed by atoms with Crippen molar-refractivity contribution in [3.8, 4) is 0 Å². The molecule has 0 spiro atoms. The largest absolute Gasteiger partial charge is 0.331 e. The molecule has 0 saturated carbocycles. The number of nitrogens with one attached hydrogen (secondary N) is 1. The lowest BCUT2D eigenvalue weighted by Gasteiger charge is -2.22. The van der Waals surface area contributed by atoms with Crippen molar-refractivity contribution in [1.82, 2.24) is 10.2 Å². The zero-order valence-corrected chi connectivity index (χ0v) is 15.1. The van der Waals surface area contributed by atoms with Crippen molar-refractivity contribution in [3.05, 3.63) is 34.6 Å². The van der Waals surface area contributed by atoms with Gasteiger partial charge in [-0.2, -0.15) is 0 Å². The maximum atomic E-state index is 13.7. The number of aryl methyl sites for hydroxylation is 2. The predicted octanol–water partition coefficient (Wildman–Crippen LogP) is 2.58. The molecule has 1 unspecified atom stereocenters. The van der Waals surface area contributed by atoms with E-state index in [0.717, 1.165) is 5.56 Å². The Morgan fingerprint density at radius 3 is 2.30 bits per heavy atom. The minimum atomic E-state index is -3.02. The molecule has 1 aromatic rings. The van der Waals surface area contributed by atoms with Crippen LogP contribution in [-0.2, 0) is 9.84 Å². The van der Waals surface area contributed by atoms with Crippen LogP contribution in [-0.4, -0.2) is 44.9 Å². The molecule has 130 valence electrons. The van der Waals surface area contributed by atoms with Gasteiger partial charge in [0.1, 0.15) is 15.7 Å². The Morgan fingerprint density at radius 1 is 1.30 bits per heavy atom. The SMILES string of the molecule is Cc1cc(C(C)NC(=O)N(C)CCCS(C)(=O)=O)cc(C)c1F. The number of hydrogen-bond donors (Lipinski definition) is 1. The van der Waals surface area contributed by atoms with Gasteiger partial charge in [-0.25, -0.2) is 17.6 Å². The summed E-state index contributed by atoms with van der Waals surface area (Å²) >= 11 is 0. The lowest BCUT2D eigenvalue weighted by molar-refractivity contribution is 0.205. The molecule has 0 aliphatic rings. The van der Waals surface area contributed by atoms with Crippen LogP contribution in [0.4, 0.5) is 9.18 Å². The Hall–Kier alpha value is -1.63. The lowest BCUT2D eigenvalue weighted by Crippen LogP contribution is -2.39. The number of urea groups is 1. The normalized spacial score (nSPS) is 12.8. The van der Waals surface area contributed by atoms with E-state index in [2.05, 4.69) is 5.32 Å². The molecule has 0 aliphatic heterocycles. The van der Waals surface area contributed by atoms with Crippen LogP contribution in [0.5, 0.6) is 0 Å². The summed E-state index contributed by atoms with van der Waals surface area (Å²) in [6.45, 7) is 5.57. The molecule has 0 heterocycles. The number of benzene rings is 1. The first-order valence-corrected chi connectivity index (χ1v) is 9.53. The Balaban J connectivity index is 2.62. The monoisotopic (exact) mass is 344 g/mol. The summed E-state index contributed by atoms with van der Waals surface area (Å²) in [4.78, 5) is 13.6. The molecule has 0 fully saturated rings. The van der Waals surface area contributed by atoms with E-state index in [0.29, 0.717) is 24.1 Å². The molecule has 2 amide bonds. The molecule has 5 nitrogen and oxygen atoms in total. The number of nitrogens with zero attached hydrogens (tertiary/aromatic N) is 1. The number of carbonyl (C=O) groups excluding carboxylic acids is 1. The summed E-state index contributed by atoms with van der Waals surface area (Å²) in [5.41, 5.74) is 1.92. The number of amides is 2. The van der Waals surface area contributed by atoms with Crippen LogP contribution in [0.25, 0.3) is 0 Å². The number of halogens is 1. The topological polar surface area (TPSA) is 66.5 Å². The highest BCUT2D eigenvalue weighted by Gasteiger charge is 2.15. The number of rotatable bonds is 6. The van der Waals surface area contributed by atoms with Crippen LogP contribution in [0.3, 0.4) is 0 Å². The highest BCUT2D eigenvalue weighted by Crippen LogP contribution is 2.20.